The molecule has 1 aromatic heterocycles. The molecule has 24 heavy (non-hydrogen) atoms. The van der Waals surface area contributed by atoms with Crippen molar-refractivity contribution < 1.29 is 18.8 Å². The molecule has 1 heterocycles. The van der Waals surface area contributed by atoms with E-state index in [-0.39, 0.29) is 5.97 Å². The SMILES string of the molecule is CCC(=O)Oc1ccc(-c2nc(-c3cccc(OC)c3)no2)cc1. The van der Waals surface area contributed by atoms with Crippen LogP contribution in [0.1, 0.15) is 13.3 Å². The molecule has 122 valence electrons. The fourth-order valence-corrected chi connectivity index (χ4v) is 2.09. The van der Waals surface area contributed by atoms with E-state index in [0.29, 0.717) is 23.9 Å². The highest BCUT2D eigenvalue weighted by Crippen LogP contribution is 2.26. The first-order valence-electron chi connectivity index (χ1n) is 7.49. The second-order valence-corrected chi connectivity index (χ2v) is 5.01. The lowest BCUT2D eigenvalue weighted by Gasteiger charge is -2.02. The zero-order valence-electron chi connectivity index (χ0n) is 13.4. The molecule has 0 bridgehead atoms. The van der Waals surface area contributed by atoms with Crippen molar-refractivity contribution in [2.45, 2.75) is 13.3 Å². The Bertz CT molecular complexity index is 840. The topological polar surface area (TPSA) is 74.5 Å². The number of carbonyl (C=O) groups excluding carboxylic acids is 1. The van der Waals surface area contributed by atoms with Crippen LogP contribution in [0.4, 0.5) is 0 Å². The highest BCUT2D eigenvalue weighted by atomic mass is 16.5. The number of esters is 1. The Morgan fingerprint density at radius 2 is 1.88 bits per heavy atom. The molecule has 6 nitrogen and oxygen atoms in total. The molecule has 0 aliphatic carbocycles. The maximum Gasteiger partial charge on any atom is 0.310 e. The largest absolute Gasteiger partial charge is 0.497 e. The van der Waals surface area contributed by atoms with Gasteiger partial charge in [-0.1, -0.05) is 24.2 Å². The summed E-state index contributed by atoms with van der Waals surface area (Å²) in [7, 11) is 1.60. The van der Waals surface area contributed by atoms with Crippen LogP contribution >= 0.6 is 0 Å². The van der Waals surface area contributed by atoms with Gasteiger partial charge in [0.1, 0.15) is 11.5 Å². The van der Waals surface area contributed by atoms with Gasteiger partial charge in [0.25, 0.3) is 5.89 Å². The number of hydrogen-bond donors (Lipinski definition) is 0. The number of methoxy groups -OCH3 is 1. The standard InChI is InChI=1S/C18H16N2O4/c1-3-16(21)23-14-9-7-12(8-10-14)18-19-17(20-24-18)13-5-4-6-15(11-13)22-2/h4-11H,3H2,1-2H3. The van der Waals surface area contributed by atoms with Crippen LogP contribution in [0.3, 0.4) is 0 Å². The lowest BCUT2D eigenvalue weighted by atomic mass is 10.2. The first-order chi connectivity index (χ1) is 11.7. The minimum atomic E-state index is -0.277. The van der Waals surface area contributed by atoms with Crippen molar-refractivity contribution in [3.63, 3.8) is 0 Å². The van der Waals surface area contributed by atoms with Crippen molar-refractivity contribution in [2.24, 2.45) is 0 Å². The van der Waals surface area contributed by atoms with Gasteiger partial charge in [0.15, 0.2) is 0 Å². The van der Waals surface area contributed by atoms with Crippen LogP contribution in [-0.4, -0.2) is 23.2 Å². The van der Waals surface area contributed by atoms with Crippen molar-refractivity contribution in [2.75, 3.05) is 7.11 Å². The third-order valence-electron chi connectivity index (χ3n) is 3.38. The maximum absolute atomic E-state index is 11.3. The molecule has 0 N–H and O–H groups in total. The van der Waals surface area contributed by atoms with E-state index >= 15 is 0 Å². The van der Waals surface area contributed by atoms with Gasteiger partial charge in [-0.25, -0.2) is 0 Å². The van der Waals surface area contributed by atoms with E-state index in [2.05, 4.69) is 10.1 Å². The van der Waals surface area contributed by atoms with Crippen molar-refractivity contribution in [3.8, 4) is 34.3 Å². The van der Waals surface area contributed by atoms with Gasteiger partial charge in [-0.2, -0.15) is 4.98 Å². The lowest BCUT2D eigenvalue weighted by molar-refractivity contribution is -0.134. The molecule has 6 heteroatoms. The average molecular weight is 324 g/mol. The number of rotatable bonds is 5. The number of aromatic nitrogens is 2. The zero-order valence-corrected chi connectivity index (χ0v) is 13.4. The highest BCUT2D eigenvalue weighted by Gasteiger charge is 2.11. The van der Waals surface area contributed by atoms with Crippen LogP contribution in [0, 0.1) is 0 Å². The quantitative estimate of drug-likeness (QED) is 0.526. The molecule has 0 spiro atoms. The van der Waals surface area contributed by atoms with Gasteiger partial charge in [-0.15, -0.1) is 0 Å². The molecule has 0 saturated carbocycles. The summed E-state index contributed by atoms with van der Waals surface area (Å²) >= 11 is 0. The summed E-state index contributed by atoms with van der Waals surface area (Å²) in [5, 5.41) is 4.00. The van der Waals surface area contributed by atoms with E-state index in [1.165, 1.54) is 0 Å². The van der Waals surface area contributed by atoms with Gasteiger partial charge in [-0.3, -0.25) is 4.79 Å². The van der Waals surface area contributed by atoms with Gasteiger partial charge >= 0.3 is 5.97 Å². The van der Waals surface area contributed by atoms with Crippen molar-refractivity contribution in [1.82, 2.24) is 10.1 Å². The van der Waals surface area contributed by atoms with E-state index in [1.807, 2.05) is 24.3 Å². The predicted molar refractivity (Wildman–Crippen MR) is 87.6 cm³/mol. The van der Waals surface area contributed by atoms with Gasteiger partial charge in [0, 0.05) is 17.5 Å². The zero-order chi connectivity index (χ0) is 16.9. The molecule has 3 aromatic rings. The van der Waals surface area contributed by atoms with Gasteiger partial charge < -0.3 is 14.0 Å². The van der Waals surface area contributed by atoms with Crippen molar-refractivity contribution >= 4 is 5.97 Å². The highest BCUT2D eigenvalue weighted by molar-refractivity contribution is 5.72. The Morgan fingerprint density at radius 1 is 1.08 bits per heavy atom. The number of ether oxygens (including phenoxy) is 2. The van der Waals surface area contributed by atoms with Gasteiger partial charge in [-0.05, 0) is 36.4 Å². The molecule has 0 atom stereocenters. The Balaban J connectivity index is 1.81. The summed E-state index contributed by atoms with van der Waals surface area (Å²) in [5.41, 5.74) is 1.55. The van der Waals surface area contributed by atoms with Crippen LogP contribution < -0.4 is 9.47 Å². The Kier molecular flexibility index (Phi) is 4.56. The summed E-state index contributed by atoms with van der Waals surface area (Å²) in [4.78, 5) is 15.7. The Morgan fingerprint density at radius 3 is 2.58 bits per heavy atom. The summed E-state index contributed by atoms with van der Waals surface area (Å²) in [6.45, 7) is 1.75. The van der Waals surface area contributed by atoms with Crippen LogP contribution in [0.5, 0.6) is 11.5 Å². The summed E-state index contributed by atoms with van der Waals surface area (Å²) in [5.74, 6) is 1.80. The van der Waals surface area contributed by atoms with Crippen LogP contribution in [0.15, 0.2) is 53.1 Å². The van der Waals surface area contributed by atoms with E-state index in [0.717, 1.165) is 16.9 Å². The first kappa shape index (κ1) is 15.7. The molecule has 2 aromatic carbocycles. The van der Waals surface area contributed by atoms with E-state index in [1.54, 1.807) is 38.3 Å². The molecular weight excluding hydrogens is 308 g/mol. The number of hydrogen-bond acceptors (Lipinski definition) is 6. The monoisotopic (exact) mass is 324 g/mol. The minimum Gasteiger partial charge on any atom is -0.497 e. The smallest absolute Gasteiger partial charge is 0.310 e. The summed E-state index contributed by atoms with van der Waals surface area (Å²) in [6.07, 6.45) is 0.329. The molecular formula is C18H16N2O4. The van der Waals surface area contributed by atoms with Crippen molar-refractivity contribution in [1.29, 1.82) is 0 Å². The van der Waals surface area contributed by atoms with E-state index < -0.39 is 0 Å². The van der Waals surface area contributed by atoms with Crippen LogP contribution in [0.25, 0.3) is 22.8 Å². The normalized spacial score (nSPS) is 10.4. The Labute approximate surface area is 139 Å². The van der Waals surface area contributed by atoms with Crippen LogP contribution in [0.2, 0.25) is 0 Å². The number of nitrogens with zero attached hydrogens (tertiary/aromatic N) is 2. The molecule has 3 rings (SSSR count). The second kappa shape index (κ2) is 6.95. The van der Waals surface area contributed by atoms with Crippen molar-refractivity contribution in [3.05, 3.63) is 48.5 Å². The van der Waals surface area contributed by atoms with E-state index in [4.69, 9.17) is 14.0 Å². The van der Waals surface area contributed by atoms with E-state index in [9.17, 15) is 4.79 Å². The minimum absolute atomic E-state index is 0.277. The molecule has 0 radical (unpaired) electrons. The average Bonchev–Trinajstić information content (AvgIpc) is 3.12. The maximum atomic E-state index is 11.3. The predicted octanol–water partition coefficient (Wildman–Crippen LogP) is 3.73. The fraction of sp³-hybridized carbons (Fsp3) is 0.167. The third kappa shape index (κ3) is 3.43. The van der Waals surface area contributed by atoms with Gasteiger partial charge in [0.05, 0.1) is 7.11 Å². The third-order valence-corrected chi connectivity index (χ3v) is 3.38. The number of carbonyl (C=O) groups is 1. The molecule has 0 amide bonds. The summed E-state index contributed by atoms with van der Waals surface area (Å²) < 4.78 is 15.6. The fourth-order valence-electron chi connectivity index (χ4n) is 2.09. The number of benzene rings is 2. The molecule has 0 fully saturated rings. The second-order valence-electron chi connectivity index (χ2n) is 5.01. The van der Waals surface area contributed by atoms with Gasteiger partial charge in [0.2, 0.25) is 5.82 Å². The molecule has 0 saturated heterocycles. The Hall–Kier alpha value is -3.15. The van der Waals surface area contributed by atoms with Crippen LogP contribution in [-0.2, 0) is 4.79 Å². The molecule has 0 aliphatic heterocycles. The summed E-state index contributed by atoms with van der Waals surface area (Å²) in [6, 6.07) is 14.3. The first-order valence-corrected chi connectivity index (χ1v) is 7.49. The molecule has 0 unspecified atom stereocenters. The lowest BCUT2D eigenvalue weighted by Crippen LogP contribution is -2.05. The molecule has 0 aliphatic rings.